The molecule has 0 N–H and O–H groups in total. The van der Waals surface area contributed by atoms with Crippen LogP contribution in [0.2, 0.25) is 0 Å². The van der Waals surface area contributed by atoms with Crippen LogP contribution < -0.4 is 0 Å². The zero-order valence-corrected chi connectivity index (χ0v) is 6.25. The van der Waals surface area contributed by atoms with Gasteiger partial charge in [-0.15, -0.1) is 0 Å². The number of aldehydes is 1. The van der Waals surface area contributed by atoms with Crippen LogP contribution in [0.4, 0.5) is 0 Å². The number of fused-ring (bicyclic) bond motifs is 1. The molecule has 0 aromatic carbocycles. The van der Waals surface area contributed by atoms with E-state index in [2.05, 4.69) is 0 Å². The quantitative estimate of drug-likeness (QED) is 0.506. The van der Waals surface area contributed by atoms with Crippen molar-refractivity contribution in [2.24, 2.45) is 17.8 Å². The monoisotopic (exact) mass is 138 g/mol. The molecule has 0 amide bonds. The summed E-state index contributed by atoms with van der Waals surface area (Å²) in [5.41, 5.74) is 0. The first-order valence-corrected chi connectivity index (χ1v) is 4.37. The number of hydrogen-bond donors (Lipinski definition) is 0. The molecule has 0 saturated heterocycles. The van der Waals surface area contributed by atoms with E-state index in [1.54, 1.807) is 0 Å². The van der Waals surface area contributed by atoms with E-state index >= 15 is 0 Å². The molecule has 2 saturated carbocycles. The largest absolute Gasteiger partial charge is 0.303 e. The number of carbonyl (C=O) groups excluding carboxylic acids is 1. The van der Waals surface area contributed by atoms with Gasteiger partial charge in [-0.1, -0.05) is 19.3 Å². The van der Waals surface area contributed by atoms with Crippen LogP contribution in [0, 0.1) is 17.8 Å². The molecule has 2 aliphatic rings. The van der Waals surface area contributed by atoms with Crippen LogP contribution in [0.5, 0.6) is 0 Å². The summed E-state index contributed by atoms with van der Waals surface area (Å²) in [6.07, 6.45) is 7.88. The molecule has 2 fully saturated rings. The van der Waals surface area contributed by atoms with Gasteiger partial charge in [0.15, 0.2) is 0 Å². The minimum atomic E-state index is 0.449. The van der Waals surface area contributed by atoms with Crippen LogP contribution in [-0.2, 0) is 4.79 Å². The van der Waals surface area contributed by atoms with Crippen molar-refractivity contribution in [1.82, 2.24) is 0 Å². The summed E-state index contributed by atoms with van der Waals surface area (Å²) in [5, 5.41) is 0. The Balaban J connectivity index is 1.94. The van der Waals surface area contributed by atoms with Gasteiger partial charge < -0.3 is 4.79 Å². The molecule has 0 aliphatic heterocycles. The Kier molecular flexibility index (Phi) is 1.51. The molecule has 2 aliphatic carbocycles. The smallest absolute Gasteiger partial charge is 0.123 e. The topological polar surface area (TPSA) is 17.1 Å². The third-order valence-electron chi connectivity index (χ3n) is 3.27. The number of rotatable bonds is 1. The van der Waals surface area contributed by atoms with Crippen molar-refractivity contribution in [1.29, 1.82) is 0 Å². The molecule has 0 aromatic heterocycles. The Morgan fingerprint density at radius 1 is 1.20 bits per heavy atom. The standard InChI is InChI=1S/C9H14O/c10-6-8-5-7-3-1-2-4-9(7)8/h6-9H,1-5H2. The van der Waals surface area contributed by atoms with E-state index in [1.807, 2.05) is 0 Å². The molecule has 1 heteroatoms. The molecule has 1 nitrogen and oxygen atoms in total. The summed E-state index contributed by atoms with van der Waals surface area (Å²) in [4.78, 5) is 10.4. The molecule has 10 heavy (non-hydrogen) atoms. The van der Waals surface area contributed by atoms with Gasteiger partial charge in [-0.3, -0.25) is 0 Å². The van der Waals surface area contributed by atoms with E-state index in [0.29, 0.717) is 5.92 Å². The summed E-state index contributed by atoms with van der Waals surface area (Å²) < 4.78 is 0. The lowest BCUT2D eigenvalue weighted by Crippen LogP contribution is -2.39. The van der Waals surface area contributed by atoms with Crippen molar-refractivity contribution in [3.05, 3.63) is 0 Å². The first-order valence-electron chi connectivity index (χ1n) is 4.37. The Morgan fingerprint density at radius 3 is 2.70 bits per heavy atom. The predicted octanol–water partition coefficient (Wildman–Crippen LogP) is 2.01. The van der Waals surface area contributed by atoms with Crippen LogP contribution in [0.15, 0.2) is 0 Å². The van der Waals surface area contributed by atoms with Crippen molar-refractivity contribution in [3.63, 3.8) is 0 Å². The van der Waals surface area contributed by atoms with Crippen molar-refractivity contribution < 1.29 is 4.79 Å². The van der Waals surface area contributed by atoms with Crippen LogP contribution in [0.1, 0.15) is 32.1 Å². The molecular weight excluding hydrogens is 124 g/mol. The van der Waals surface area contributed by atoms with Gasteiger partial charge in [-0.2, -0.15) is 0 Å². The van der Waals surface area contributed by atoms with Gasteiger partial charge in [0, 0.05) is 5.92 Å². The lowest BCUT2D eigenvalue weighted by atomic mass is 9.59. The van der Waals surface area contributed by atoms with Gasteiger partial charge in [0.25, 0.3) is 0 Å². The molecule has 0 heterocycles. The average Bonchev–Trinajstić information content (AvgIpc) is 1.92. The molecule has 0 bridgehead atoms. The van der Waals surface area contributed by atoms with Crippen LogP contribution in [-0.4, -0.2) is 6.29 Å². The van der Waals surface area contributed by atoms with Gasteiger partial charge in [0.2, 0.25) is 0 Å². The Bertz CT molecular complexity index is 142. The van der Waals surface area contributed by atoms with Crippen molar-refractivity contribution >= 4 is 6.29 Å². The molecule has 2 rings (SSSR count). The fourth-order valence-electron chi connectivity index (χ4n) is 2.58. The SMILES string of the molecule is O=CC1CC2CCCCC12. The van der Waals surface area contributed by atoms with Crippen LogP contribution in [0.3, 0.4) is 0 Å². The highest BCUT2D eigenvalue weighted by atomic mass is 16.1. The van der Waals surface area contributed by atoms with Gasteiger partial charge in [0.1, 0.15) is 6.29 Å². The highest BCUT2D eigenvalue weighted by molar-refractivity contribution is 5.56. The lowest BCUT2D eigenvalue weighted by Gasteiger charge is -2.45. The summed E-state index contributed by atoms with van der Waals surface area (Å²) in [5.74, 6) is 2.18. The summed E-state index contributed by atoms with van der Waals surface area (Å²) in [6, 6.07) is 0. The first kappa shape index (κ1) is 6.38. The van der Waals surface area contributed by atoms with E-state index in [9.17, 15) is 4.79 Å². The van der Waals surface area contributed by atoms with Crippen LogP contribution in [0.25, 0.3) is 0 Å². The van der Waals surface area contributed by atoms with Crippen molar-refractivity contribution in [3.8, 4) is 0 Å². The zero-order valence-electron chi connectivity index (χ0n) is 6.25. The second kappa shape index (κ2) is 2.37. The van der Waals surface area contributed by atoms with E-state index in [-0.39, 0.29) is 0 Å². The molecular formula is C9H14O. The summed E-state index contributed by atoms with van der Waals surface area (Å²) >= 11 is 0. The fraction of sp³-hybridized carbons (Fsp3) is 0.889. The Labute approximate surface area is 61.8 Å². The van der Waals surface area contributed by atoms with Gasteiger partial charge in [-0.25, -0.2) is 0 Å². The molecule has 0 radical (unpaired) electrons. The molecule has 56 valence electrons. The maximum Gasteiger partial charge on any atom is 0.123 e. The number of carbonyl (C=O) groups is 1. The van der Waals surface area contributed by atoms with Crippen molar-refractivity contribution in [2.45, 2.75) is 32.1 Å². The summed E-state index contributed by atoms with van der Waals surface area (Å²) in [7, 11) is 0. The number of hydrogen-bond acceptors (Lipinski definition) is 1. The van der Waals surface area contributed by atoms with Gasteiger partial charge >= 0.3 is 0 Å². The Morgan fingerprint density at radius 2 is 2.00 bits per heavy atom. The third-order valence-corrected chi connectivity index (χ3v) is 3.27. The van der Waals surface area contributed by atoms with Gasteiger partial charge in [-0.05, 0) is 24.7 Å². The van der Waals surface area contributed by atoms with E-state index in [1.165, 1.54) is 38.4 Å². The molecule has 3 unspecified atom stereocenters. The predicted molar refractivity (Wildman–Crippen MR) is 39.6 cm³/mol. The van der Waals surface area contributed by atoms with Crippen molar-refractivity contribution in [2.75, 3.05) is 0 Å². The highest BCUT2D eigenvalue weighted by Gasteiger charge is 2.41. The second-order valence-electron chi connectivity index (χ2n) is 3.74. The molecule has 3 atom stereocenters. The zero-order chi connectivity index (χ0) is 6.97. The fourth-order valence-corrected chi connectivity index (χ4v) is 2.58. The van der Waals surface area contributed by atoms with E-state index in [4.69, 9.17) is 0 Å². The normalized spacial score (nSPS) is 45.4. The molecule has 0 spiro atoms. The van der Waals surface area contributed by atoms with E-state index < -0.39 is 0 Å². The summed E-state index contributed by atoms with van der Waals surface area (Å²) in [6.45, 7) is 0. The molecule has 0 aromatic rings. The third kappa shape index (κ3) is 0.799. The van der Waals surface area contributed by atoms with Gasteiger partial charge in [0.05, 0.1) is 0 Å². The average molecular weight is 138 g/mol. The highest BCUT2D eigenvalue weighted by Crippen LogP contribution is 2.48. The minimum absolute atomic E-state index is 0.449. The maximum atomic E-state index is 10.4. The second-order valence-corrected chi connectivity index (χ2v) is 3.74. The van der Waals surface area contributed by atoms with Crippen LogP contribution >= 0.6 is 0 Å². The van der Waals surface area contributed by atoms with E-state index in [0.717, 1.165) is 11.8 Å². The minimum Gasteiger partial charge on any atom is -0.303 e. The lowest BCUT2D eigenvalue weighted by molar-refractivity contribution is -0.120. The Hall–Kier alpha value is -0.330. The first-order chi connectivity index (χ1) is 4.92. The maximum absolute atomic E-state index is 10.4.